The van der Waals surface area contributed by atoms with Crippen molar-refractivity contribution in [1.82, 2.24) is 10.6 Å². The summed E-state index contributed by atoms with van der Waals surface area (Å²) in [4.78, 5) is 23.4. The van der Waals surface area contributed by atoms with E-state index < -0.39 is 11.9 Å². The highest BCUT2D eigenvalue weighted by molar-refractivity contribution is 5.76. The van der Waals surface area contributed by atoms with Crippen LogP contribution in [0.2, 0.25) is 0 Å². The predicted octanol–water partition coefficient (Wildman–Crippen LogP) is 2.90. The molecule has 2 aliphatic carbocycles. The van der Waals surface area contributed by atoms with E-state index in [4.69, 9.17) is 0 Å². The summed E-state index contributed by atoms with van der Waals surface area (Å²) in [6, 6.07) is -0.429. The van der Waals surface area contributed by atoms with E-state index in [2.05, 4.69) is 17.6 Å². The van der Waals surface area contributed by atoms with Gasteiger partial charge in [0.2, 0.25) is 0 Å². The summed E-state index contributed by atoms with van der Waals surface area (Å²) in [6.07, 6.45) is 9.13. The highest BCUT2D eigenvalue weighted by Crippen LogP contribution is 2.48. The minimum absolute atomic E-state index is 0.199. The zero-order chi connectivity index (χ0) is 15.3. The quantitative estimate of drug-likeness (QED) is 0.659. The van der Waals surface area contributed by atoms with Gasteiger partial charge >= 0.3 is 12.0 Å². The zero-order valence-corrected chi connectivity index (χ0v) is 13.0. The third-order valence-electron chi connectivity index (χ3n) is 5.01. The molecule has 3 N–H and O–H groups in total. The smallest absolute Gasteiger partial charge is 0.315 e. The van der Waals surface area contributed by atoms with Crippen LogP contribution in [0.5, 0.6) is 0 Å². The molecule has 5 heteroatoms. The van der Waals surface area contributed by atoms with Crippen molar-refractivity contribution in [3.8, 4) is 0 Å². The number of urea groups is 1. The summed E-state index contributed by atoms with van der Waals surface area (Å²) in [5.74, 6) is -1.23. The third-order valence-corrected chi connectivity index (χ3v) is 5.01. The van der Waals surface area contributed by atoms with Gasteiger partial charge in [-0.05, 0) is 37.5 Å². The zero-order valence-electron chi connectivity index (χ0n) is 13.0. The lowest BCUT2D eigenvalue weighted by atomic mass is 9.95. The van der Waals surface area contributed by atoms with Crippen molar-refractivity contribution >= 4 is 12.0 Å². The SMILES string of the molecule is CCCC1(CNC(=O)NC2CCCCCC2C(=O)O)CC1. The molecule has 21 heavy (non-hydrogen) atoms. The topological polar surface area (TPSA) is 78.4 Å². The van der Waals surface area contributed by atoms with Gasteiger partial charge < -0.3 is 15.7 Å². The summed E-state index contributed by atoms with van der Waals surface area (Å²) < 4.78 is 0. The van der Waals surface area contributed by atoms with Crippen LogP contribution in [0.25, 0.3) is 0 Å². The molecule has 0 aromatic rings. The monoisotopic (exact) mass is 296 g/mol. The Morgan fingerprint density at radius 3 is 2.52 bits per heavy atom. The first-order valence-corrected chi connectivity index (χ1v) is 8.33. The van der Waals surface area contributed by atoms with E-state index >= 15 is 0 Å². The number of hydrogen-bond acceptors (Lipinski definition) is 2. The lowest BCUT2D eigenvalue weighted by molar-refractivity contribution is -0.142. The molecule has 0 saturated heterocycles. The maximum Gasteiger partial charge on any atom is 0.315 e. The summed E-state index contributed by atoms with van der Waals surface area (Å²) >= 11 is 0. The standard InChI is InChI=1S/C16H28N2O3/c1-2-8-16(9-10-16)11-17-15(21)18-13-7-5-3-4-6-12(13)14(19)20/h12-13H,2-11H2,1H3,(H,19,20)(H2,17,18,21). The Morgan fingerprint density at radius 1 is 1.19 bits per heavy atom. The van der Waals surface area contributed by atoms with Crippen LogP contribution in [0.15, 0.2) is 0 Å². The Labute approximate surface area is 126 Å². The predicted molar refractivity (Wildman–Crippen MR) is 81.1 cm³/mol. The minimum atomic E-state index is -0.785. The van der Waals surface area contributed by atoms with Gasteiger partial charge in [-0.1, -0.05) is 32.6 Å². The number of carbonyl (C=O) groups is 2. The van der Waals surface area contributed by atoms with Crippen LogP contribution in [-0.2, 0) is 4.79 Å². The molecule has 2 unspecified atom stereocenters. The average molecular weight is 296 g/mol. The lowest BCUT2D eigenvalue weighted by Crippen LogP contribution is -2.48. The van der Waals surface area contributed by atoms with Crippen molar-refractivity contribution in [3.63, 3.8) is 0 Å². The molecular weight excluding hydrogens is 268 g/mol. The molecule has 2 aliphatic rings. The van der Waals surface area contributed by atoms with E-state index in [9.17, 15) is 14.7 Å². The van der Waals surface area contributed by atoms with Gasteiger partial charge in [-0.25, -0.2) is 4.79 Å². The van der Waals surface area contributed by atoms with Crippen molar-refractivity contribution < 1.29 is 14.7 Å². The molecule has 5 nitrogen and oxygen atoms in total. The second-order valence-electron chi connectivity index (χ2n) is 6.77. The van der Waals surface area contributed by atoms with E-state index in [1.807, 2.05) is 0 Å². The maximum atomic E-state index is 12.1. The number of rotatable bonds is 6. The van der Waals surface area contributed by atoms with Gasteiger partial charge in [0.05, 0.1) is 5.92 Å². The summed E-state index contributed by atoms with van der Waals surface area (Å²) in [6.45, 7) is 2.89. The van der Waals surface area contributed by atoms with Gasteiger partial charge in [-0.2, -0.15) is 0 Å². The second kappa shape index (κ2) is 7.14. The molecule has 0 heterocycles. The number of carbonyl (C=O) groups excluding carboxylic acids is 1. The van der Waals surface area contributed by atoms with Crippen LogP contribution in [-0.4, -0.2) is 29.7 Å². The minimum Gasteiger partial charge on any atom is -0.481 e. The average Bonchev–Trinajstić information content (AvgIpc) is 3.22. The van der Waals surface area contributed by atoms with E-state index in [0.29, 0.717) is 11.8 Å². The first kappa shape index (κ1) is 16.1. The molecule has 120 valence electrons. The van der Waals surface area contributed by atoms with Gasteiger partial charge in [0.15, 0.2) is 0 Å². The fourth-order valence-corrected chi connectivity index (χ4v) is 3.49. The van der Waals surface area contributed by atoms with E-state index in [-0.39, 0.29) is 12.1 Å². The van der Waals surface area contributed by atoms with Gasteiger partial charge in [0.1, 0.15) is 0 Å². The van der Waals surface area contributed by atoms with E-state index in [1.54, 1.807) is 0 Å². The number of aliphatic carboxylic acids is 1. The van der Waals surface area contributed by atoms with Gasteiger partial charge in [0, 0.05) is 12.6 Å². The van der Waals surface area contributed by atoms with Crippen LogP contribution in [0.4, 0.5) is 4.79 Å². The molecule has 0 aromatic heterocycles. The Hall–Kier alpha value is -1.26. The third kappa shape index (κ3) is 4.61. The van der Waals surface area contributed by atoms with Crippen molar-refractivity contribution in [2.24, 2.45) is 11.3 Å². The maximum absolute atomic E-state index is 12.1. The second-order valence-corrected chi connectivity index (χ2v) is 6.77. The van der Waals surface area contributed by atoms with Gasteiger partial charge in [0.25, 0.3) is 0 Å². The molecule has 0 radical (unpaired) electrons. The Bertz CT molecular complexity index is 380. The number of amides is 2. The number of carboxylic acids is 1. The summed E-state index contributed by atoms with van der Waals surface area (Å²) in [7, 11) is 0. The first-order valence-electron chi connectivity index (χ1n) is 8.33. The van der Waals surface area contributed by atoms with Crippen molar-refractivity contribution in [2.75, 3.05) is 6.54 Å². The Kier molecular flexibility index (Phi) is 5.48. The highest BCUT2D eigenvalue weighted by atomic mass is 16.4. The fourth-order valence-electron chi connectivity index (χ4n) is 3.49. The van der Waals surface area contributed by atoms with Crippen molar-refractivity contribution in [2.45, 2.75) is 70.8 Å². The molecule has 2 rings (SSSR count). The van der Waals surface area contributed by atoms with Gasteiger partial charge in [-0.15, -0.1) is 0 Å². The summed E-state index contributed by atoms with van der Waals surface area (Å²) in [5, 5.41) is 15.2. The number of nitrogens with one attached hydrogen (secondary N) is 2. The molecule has 0 bridgehead atoms. The van der Waals surface area contributed by atoms with Crippen LogP contribution in [0, 0.1) is 11.3 Å². The van der Waals surface area contributed by atoms with Crippen molar-refractivity contribution in [1.29, 1.82) is 0 Å². The molecule has 2 fully saturated rings. The van der Waals surface area contributed by atoms with Crippen LogP contribution in [0.1, 0.15) is 64.7 Å². The summed E-state index contributed by atoms with van der Waals surface area (Å²) in [5.41, 5.74) is 0.321. The molecule has 0 aliphatic heterocycles. The number of carboxylic acid groups (broad SMARTS) is 1. The molecule has 0 aromatic carbocycles. The van der Waals surface area contributed by atoms with Crippen LogP contribution < -0.4 is 10.6 Å². The Balaban J connectivity index is 1.81. The molecule has 2 amide bonds. The lowest BCUT2D eigenvalue weighted by Gasteiger charge is -2.24. The first-order chi connectivity index (χ1) is 10.1. The van der Waals surface area contributed by atoms with Crippen molar-refractivity contribution in [3.05, 3.63) is 0 Å². The molecular formula is C16H28N2O3. The molecule has 2 atom stereocenters. The van der Waals surface area contributed by atoms with Crippen LogP contribution >= 0.6 is 0 Å². The molecule has 0 spiro atoms. The Morgan fingerprint density at radius 2 is 1.90 bits per heavy atom. The molecule has 2 saturated carbocycles. The normalized spacial score (nSPS) is 27.5. The highest BCUT2D eigenvalue weighted by Gasteiger charge is 2.41. The number of hydrogen-bond donors (Lipinski definition) is 3. The van der Waals surface area contributed by atoms with Crippen LogP contribution in [0.3, 0.4) is 0 Å². The fraction of sp³-hybridized carbons (Fsp3) is 0.875. The van der Waals surface area contributed by atoms with E-state index in [1.165, 1.54) is 12.8 Å². The van der Waals surface area contributed by atoms with E-state index in [0.717, 1.165) is 45.1 Å². The van der Waals surface area contributed by atoms with Gasteiger partial charge in [-0.3, -0.25) is 4.79 Å². The largest absolute Gasteiger partial charge is 0.481 e.